The standard InChI is InChI=1S/C13H18Br2N2/c1-10-9-16(2)5-6-17(10)13-7-12(15)4-3-11(13)8-14/h3-4,7,10H,5-6,8-9H2,1-2H3. The summed E-state index contributed by atoms with van der Waals surface area (Å²) >= 11 is 7.15. The molecular formula is C13H18Br2N2. The Labute approximate surface area is 120 Å². The predicted molar refractivity (Wildman–Crippen MR) is 81.1 cm³/mol. The summed E-state index contributed by atoms with van der Waals surface area (Å²) in [6, 6.07) is 7.11. The molecule has 2 nitrogen and oxygen atoms in total. The first kappa shape index (κ1) is 13.4. The molecule has 0 spiro atoms. The SMILES string of the molecule is CC1CN(C)CCN1c1cc(Br)ccc1CBr. The average Bonchev–Trinajstić information content (AvgIpc) is 2.29. The highest BCUT2D eigenvalue weighted by Gasteiger charge is 2.23. The van der Waals surface area contributed by atoms with Gasteiger partial charge in [0.05, 0.1) is 0 Å². The summed E-state index contributed by atoms with van der Waals surface area (Å²) in [4.78, 5) is 4.91. The number of hydrogen-bond acceptors (Lipinski definition) is 2. The van der Waals surface area contributed by atoms with Gasteiger partial charge >= 0.3 is 0 Å². The fourth-order valence-electron chi connectivity index (χ4n) is 2.41. The second kappa shape index (κ2) is 5.72. The van der Waals surface area contributed by atoms with Crippen molar-refractivity contribution >= 4 is 37.5 Å². The lowest BCUT2D eigenvalue weighted by molar-refractivity contribution is 0.275. The number of alkyl halides is 1. The van der Waals surface area contributed by atoms with E-state index in [4.69, 9.17) is 0 Å². The van der Waals surface area contributed by atoms with E-state index in [1.54, 1.807) is 0 Å². The first-order valence-electron chi connectivity index (χ1n) is 5.91. The summed E-state index contributed by atoms with van der Waals surface area (Å²) in [6.45, 7) is 5.68. The number of likely N-dealkylation sites (N-methyl/N-ethyl adjacent to an activating group) is 1. The van der Waals surface area contributed by atoms with E-state index in [0.717, 1.165) is 29.4 Å². The van der Waals surface area contributed by atoms with Crippen molar-refractivity contribution < 1.29 is 0 Å². The molecular weight excluding hydrogens is 344 g/mol. The molecule has 1 fully saturated rings. The normalized spacial score (nSPS) is 21.9. The van der Waals surface area contributed by atoms with Gasteiger partial charge in [0.15, 0.2) is 0 Å². The Balaban J connectivity index is 2.29. The minimum Gasteiger partial charge on any atom is -0.366 e. The topological polar surface area (TPSA) is 6.48 Å². The molecule has 1 aromatic carbocycles. The third kappa shape index (κ3) is 3.04. The number of hydrogen-bond donors (Lipinski definition) is 0. The van der Waals surface area contributed by atoms with Crippen LogP contribution in [0.25, 0.3) is 0 Å². The number of halogens is 2. The summed E-state index contributed by atoms with van der Waals surface area (Å²) in [5.41, 5.74) is 2.72. The van der Waals surface area contributed by atoms with Crippen LogP contribution < -0.4 is 4.90 Å². The van der Waals surface area contributed by atoms with Crippen LogP contribution >= 0.6 is 31.9 Å². The minimum atomic E-state index is 0.570. The molecule has 0 radical (unpaired) electrons. The van der Waals surface area contributed by atoms with E-state index in [1.165, 1.54) is 11.3 Å². The van der Waals surface area contributed by atoms with E-state index in [9.17, 15) is 0 Å². The van der Waals surface area contributed by atoms with Crippen LogP contribution in [0.5, 0.6) is 0 Å². The Morgan fingerprint density at radius 3 is 2.76 bits per heavy atom. The molecule has 0 bridgehead atoms. The van der Waals surface area contributed by atoms with Crippen molar-refractivity contribution in [1.82, 2.24) is 4.90 Å². The van der Waals surface area contributed by atoms with Gasteiger partial charge in [-0.05, 0) is 31.7 Å². The van der Waals surface area contributed by atoms with Gasteiger partial charge in [-0.15, -0.1) is 0 Å². The molecule has 1 unspecified atom stereocenters. The van der Waals surface area contributed by atoms with Crippen LogP contribution in [-0.4, -0.2) is 37.6 Å². The number of benzene rings is 1. The monoisotopic (exact) mass is 360 g/mol. The maximum absolute atomic E-state index is 3.58. The van der Waals surface area contributed by atoms with E-state index in [-0.39, 0.29) is 0 Å². The van der Waals surface area contributed by atoms with Gasteiger partial charge in [0.25, 0.3) is 0 Å². The van der Waals surface area contributed by atoms with E-state index < -0.39 is 0 Å². The van der Waals surface area contributed by atoms with Crippen molar-refractivity contribution in [2.45, 2.75) is 18.3 Å². The van der Waals surface area contributed by atoms with Crippen LogP contribution in [0, 0.1) is 0 Å². The van der Waals surface area contributed by atoms with E-state index in [0.29, 0.717) is 6.04 Å². The van der Waals surface area contributed by atoms with Crippen molar-refractivity contribution in [3.05, 3.63) is 28.2 Å². The Morgan fingerprint density at radius 2 is 2.12 bits per heavy atom. The lowest BCUT2D eigenvalue weighted by atomic mass is 10.1. The Morgan fingerprint density at radius 1 is 1.35 bits per heavy atom. The molecule has 17 heavy (non-hydrogen) atoms. The van der Waals surface area contributed by atoms with Crippen LogP contribution in [0.1, 0.15) is 12.5 Å². The summed E-state index contributed by atoms with van der Waals surface area (Å²) in [6.07, 6.45) is 0. The van der Waals surface area contributed by atoms with Crippen LogP contribution in [0.4, 0.5) is 5.69 Å². The number of rotatable bonds is 2. The third-order valence-corrected chi connectivity index (χ3v) is 4.43. The lowest BCUT2D eigenvalue weighted by Crippen LogP contribution is -2.50. The molecule has 0 aromatic heterocycles. The van der Waals surface area contributed by atoms with E-state index in [2.05, 4.69) is 73.8 Å². The maximum atomic E-state index is 3.58. The first-order chi connectivity index (χ1) is 8.11. The molecule has 1 aromatic rings. The van der Waals surface area contributed by atoms with E-state index >= 15 is 0 Å². The van der Waals surface area contributed by atoms with Gasteiger partial charge < -0.3 is 9.80 Å². The molecule has 0 saturated carbocycles. The molecule has 0 N–H and O–H groups in total. The van der Waals surface area contributed by atoms with Gasteiger partial charge in [-0.25, -0.2) is 0 Å². The number of piperazine rings is 1. The summed E-state index contributed by atoms with van der Waals surface area (Å²) in [5, 5.41) is 0.911. The largest absolute Gasteiger partial charge is 0.366 e. The van der Waals surface area contributed by atoms with Crippen molar-refractivity contribution in [3.63, 3.8) is 0 Å². The van der Waals surface area contributed by atoms with Gasteiger partial charge in [-0.3, -0.25) is 0 Å². The molecule has 0 aliphatic carbocycles. The first-order valence-corrected chi connectivity index (χ1v) is 7.83. The average molecular weight is 362 g/mol. The molecule has 1 aliphatic heterocycles. The molecule has 0 amide bonds. The van der Waals surface area contributed by atoms with Crippen molar-refractivity contribution in [1.29, 1.82) is 0 Å². The zero-order valence-corrected chi connectivity index (χ0v) is 13.5. The maximum Gasteiger partial charge on any atom is 0.0421 e. The minimum absolute atomic E-state index is 0.570. The van der Waals surface area contributed by atoms with Crippen LogP contribution in [0.3, 0.4) is 0 Å². The highest BCUT2D eigenvalue weighted by Crippen LogP contribution is 2.29. The van der Waals surface area contributed by atoms with Gasteiger partial charge in [-0.1, -0.05) is 37.9 Å². The zero-order chi connectivity index (χ0) is 12.4. The molecule has 1 atom stereocenters. The van der Waals surface area contributed by atoms with E-state index in [1.807, 2.05) is 0 Å². The molecule has 1 heterocycles. The number of anilines is 1. The fourth-order valence-corrected chi connectivity index (χ4v) is 3.24. The molecule has 4 heteroatoms. The van der Waals surface area contributed by atoms with Gasteiger partial charge in [0.1, 0.15) is 0 Å². The second-order valence-electron chi connectivity index (χ2n) is 4.71. The molecule has 94 valence electrons. The van der Waals surface area contributed by atoms with Gasteiger partial charge in [0, 0.05) is 41.2 Å². The Hall–Kier alpha value is -0.0600. The lowest BCUT2D eigenvalue weighted by Gasteiger charge is -2.40. The van der Waals surface area contributed by atoms with Crippen molar-refractivity contribution in [2.24, 2.45) is 0 Å². The fraction of sp³-hybridized carbons (Fsp3) is 0.538. The Kier molecular flexibility index (Phi) is 4.50. The molecule has 2 rings (SSSR count). The highest BCUT2D eigenvalue weighted by atomic mass is 79.9. The quantitative estimate of drug-likeness (QED) is 0.744. The summed E-state index contributed by atoms with van der Waals surface area (Å²) in [7, 11) is 2.19. The van der Waals surface area contributed by atoms with Crippen molar-refractivity contribution in [3.8, 4) is 0 Å². The van der Waals surface area contributed by atoms with Crippen LogP contribution in [-0.2, 0) is 5.33 Å². The number of nitrogens with zero attached hydrogens (tertiary/aromatic N) is 2. The summed E-state index contributed by atoms with van der Waals surface area (Å²) < 4.78 is 1.16. The molecule has 1 saturated heterocycles. The van der Waals surface area contributed by atoms with Gasteiger partial charge in [0.2, 0.25) is 0 Å². The van der Waals surface area contributed by atoms with Crippen LogP contribution in [0.2, 0.25) is 0 Å². The smallest absolute Gasteiger partial charge is 0.0421 e. The highest BCUT2D eigenvalue weighted by molar-refractivity contribution is 9.10. The Bertz CT molecular complexity index is 395. The molecule has 1 aliphatic rings. The second-order valence-corrected chi connectivity index (χ2v) is 6.19. The predicted octanol–water partition coefficient (Wildman–Crippen LogP) is 3.48. The van der Waals surface area contributed by atoms with Crippen LogP contribution in [0.15, 0.2) is 22.7 Å². The van der Waals surface area contributed by atoms with Gasteiger partial charge in [-0.2, -0.15) is 0 Å². The van der Waals surface area contributed by atoms with Crippen molar-refractivity contribution in [2.75, 3.05) is 31.6 Å². The zero-order valence-electron chi connectivity index (χ0n) is 10.3. The third-order valence-electron chi connectivity index (χ3n) is 3.33. The summed E-state index contributed by atoms with van der Waals surface area (Å²) in [5.74, 6) is 0.